The van der Waals surface area contributed by atoms with E-state index < -0.39 is 16.2 Å². The molecule has 0 aromatic carbocycles. The van der Waals surface area contributed by atoms with Crippen LogP contribution in [0.25, 0.3) is 5.65 Å². The average Bonchev–Trinajstić information content (AvgIpc) is 2.48. The molecule has 0 aliphatic heterocycles. The second-order valence-electron chi connectivity index (χ2n) is 5.28. The van der Waals surface area contributed by atoms with E-state index in [1.165, 1.54) is 17.0 Å². The topological polar surface area (TPSA) is 89.5 Å². The van der Waals surface area contributed by atoms with Crippen LogP contribution in [-0.2, 0) is 0 Å². The summed E-state index contributed by atoms with van der Waals surface area (Å²) in [4.78, 5) is 27.1. The van der Waals surface area contributed by atoms with Gasteiger partial charge in [-0.1, -0.05) is 25.3 Å². The van der Waals surface area contributed by atoms with Crippen LogP contribution in [0.1, 0.15) is 32.1 Å². The Kier molecular flexibility index (Phi) is 3.55. The molecule has 0 spiro atoms. The van der Waals surface area contributed by atoms with Crippen molar-refractivity contribution in [3.05, 3.63) is 44.9 Å². The van der Waals surface area contributed by atoms with E-state index in [1.807, 2.05) is 0 Å². The molecule has 1 aliphatic rings. The predicted molar refractivity (Wildman–Crippen MR) is 78.6 cm³/mol. The van der Waals surface area contributed by atoms with Crippen molar-refractivity contribution in [2.24, 2.45) is 0 Å². The summed E-state index contributed by atoms with van der Waals surface area (Å²) in [5.74, 6) is 0.0862. The molecule has 3 rings (SSSR count). The molecule has 2 aromatic rings. The number of hydrogen-bond donors (Lipinski definition) is 1. The van der Waals surface area contributed by atoms with Gasteiger partial charge < -0.3 is 5.32 Å². The molecule has 7 nitrogen and oxygen atoms in total. The number of nitrogens with one attached hydrogen (secondary N) is 1. The van der Waals surface area contributed by atoms with Gasteiger partial charge in [-0.15, -0.1) is 0 Å². The lowest BCUT2D eigenvalue weighted by Crippen LogP contribution is -2.27. The zero-order valence-electron chi connectivity index (χ0n) is 11.5. The predicted octanol–water partition coefficient (Wildman–Crippen LogP) is 2.35. The van der Waals surface area contributed by atoms with Crippen molar-refractivity contribution in [1.29, 1.82) is 0 Å². The van der Waals surface area contributed by atoms with Crippen molar-refractivity contribution in [3.63, 3.8) is 0 Å². The van der Waals surface area contributed by atoms with Crippen LogP contribution in [0.5, 0.6) is 0 Å². The molecule has 0 radical (unpaired) electrons. The van der Waals surface area contributed by atoms with E-state index in [2.05, 4.69) is 10.3 Å². The lowest BCUT2D eigenvalue weighted by atomic mass is 9.95. The summed E-state index contributed by atoms with van der Waals surface area (Å²) >= 11 is 0. The van der Waals surface area contributed by atoms with Gasteiger partial charge >= 0.3 is 11.2 Å². The van der Waals surface area contributed by atoms with Gasteiger partial charge in [-0.25, -0.2) is 4.98 Å². The van der Waals surface area contributed by atoms with Crippen LogP contribution < -0.4 is 10.9 Å². The van der Waals surface area contributed by atoms with E-state index in [4.69, 9.17) is 0 Å². The summed E-state index contributed by atoms with van der Waals surface area (Å²) in [5, 5.41) is 14.3. The number of aromatic nitrogens is 2. The molecule has 1 N–H and O–H groups in total. The minimum Gasteiger partial charge on any atom is -0.361 e. The average molecular weight is 288 g/mol. The molecule has 2 heterocycles. The van der Waals surface area contributed by atoms with E-state index >= 15 is 0 Å². The van der Waals surface area contributed by atoms with Crippen molar-refractivity contribution in [1.82, 2.24) is 9.38 Å². The molecule has 1 saturated carbocycles. The van der Waals surface area contributed by atoms with E-state index in [1.54, 1.807) is 18.2 Å². The highest BCUT2D eigenvalue weighted by molar-refractivity contribution is 5.60. The standard InChI is InChI=1S/C14H16N4O3/c19-14-12(18(20)21)13(15-10-6-2-1-3-7-10)16-11-8-4-5-9-17(11)14/h4-5,8-10,15H,1-3,6-7H2. The maximum absolute atomic E-state index is 12.3. The molecule has 1 fully saturated rings. The fraction of sp³-hybridized carbons (Fsp3) is 0.429. The lowest BCUT2D eigenvalue weighted by molar-refractivity contribution is -0.385. The molecule has 0 unspecified atom stereocenters. The van der Waals surface area contributed by atoms with Crippen molar-refractivity contribution in [2.75, 3.05) is 5.32 Å². The molecule has 2 aromatic heterocycles. The molecule has 21 heavy (non-hydrogen) atoms. The minimum atomic E-state index is -0.653. The smallest absolute Gasteiger partial charge is 0.361 e. The van der Waals surface area contributed by atoms with E-state index in [0.29, 0.717) is 5.65 Å². The van der Waals surface area contributed by atoms with Crippen LogP contribution in [0.4, 0.5) is 11.5 Å². The second kappa shape index (κ2) is 5.51. The first-order valence-electron chi connectivity index (χ1n) is 7.09. The Hall–Kier alpha value is -2.44. The normalized spacial score (nSPS) is 16.0. The fourth-order valence-corrected chi connectivity index (χ4v) is 2.79. The zero-order valence-corrected chi connectivity index (χ0v) is 11.5. The third-order valence-corrected chi connectivity index (χ3v) is 3.84. The third-order valence-electron chi connectivity index (χ3n) is 3.84. The first-order valence-corrected chi connectivity index (χ1v) is 7.09. The van der Waals surface area contributed by atoms with Gasteiger partial charge in [-0.3, -0.25) is 19.3 Å². The molecule has 0 saturated heterocycles. The number of nitro groups is 1. The SMILES string of the molecule is O=c1c([N+](=O)[O-])c(NC2CCCCC2)nc2ccccn12. The molecule has 1 aliphatic carbocycles. The summed E-state index contributed by atoms with van der Waals surface area (Å²) in [6, 6.07) is 5.21. The van der Waals surface area contributed by atoms with E-state index in [-0.39, 0.29) is 11.9 Å². The molecule has 0 bridgehead atoms. The van der Waals surface area contributed by atoms with Crippen LogP contribution >= 0.6 is 0 Å². The molecule has 0 atom stereocenters. The number of pyridine rings is 1. The van der Waals surface area contributed by atoms with Gasteiger partial charge in [0.1, 0.15) is 5.65 Å². The number of fused-ring (bicyclic) bond motifs is 1. The summed E-state index contributed by atoms with van der Waals surface area (Å²) in [7, 11) is 0. The van der Waals surface area contributed by atoms with E-state index in [9.17, 15) is 14.9 Å². The number of anilines is 1. The Morgan fingerprint density at radius 1 is 1.29 bits per heavy atom. The van der Waals surface area contributed by atoms with E-state index in [0.717, 1.165) is 25.7 Å². The van der Waals surface area contributed by atoms with Gasteiger partial charge in [0.15, 0.2) is 0 Å². The van der Waals surface area contributed by atoms with Crippen LogP contribution in [-0.4, -0.2) is 20.3 Å². The first kappa shape index (κ1) is 13.5. The second-order valence-corrected chi connectivity index (χ2v) is 5.28. The number of nitrogens with zero attached hydrogens (tertiary/aromatic N) is 3. The van der Waals surface area contributed by atoms with Crippen LogP contribution in [0, 0.1) is 10.1 Å². The summed E-state index contributed by atoms with van der Waals surface area (Å²) < 4.78 is 1.20. The summed E-state index contributed by atoms with van der Waals surface area (Å²) in [6.07, 6.45) is 6.77. The number of hydrogen-bond acceptors (Lipinski definition) is 5. The van der Waals surface area contributed by atoms with Gasteiger partial charge in [-0.2, -0.15) is 0 Å². The van der Waals surface area contributed by atoms with Gasteiger partial charge in [-0.05, 0) is 25.0 Å². The van der Waals surface area contributed by atoms with Crippen molar-refractivity contribution in [2.45, 2.75) is 38.1 Å². The molecular formula is C14H16N4O3. The van der Waals surface area contributed by atoms with Crippen molar-refractivity contribution >= 4 is 17.2 Å². The largest absolute Gasteiger partial charge is 0.376 e. The Morgan fingerprint density at radius 2 is 2.05 bits per heavy atom. The minimum absolute atomic E-state index is 0.0862. The van der Waals surface area contributed by atoms with Crippen LogP contribution in [0.2, 0.25) is 0 Å². The Balaban J connectivity index is 2.09. The molecule has 110 valence electrons. The Bertz CT molecular complexity index is 735. The fourth-order valence-electron chi connectivity index (χ4n) is 2.79. The van der Waals surface area contributed by atoms with Gasteiger partial charge in [0.25, 0.3) is 0 Å². The van der Waals surface area contributed by atoms with Crippen molar-refractivity contribution in [3.8, 4) is 0 Å². The van der Waals surface area contributed by atoms with Gasteiger partial charge in [0.2, 0.25) is 5.82 Å². The van der Waals surface area contributed by atoms with Gasteiger partial charge in [0.05, 0.1) is 4.92 Å². The summed E-state index contributed by atoms with van der Waals surface area (Å²) in [6.45, 7) is 0. The molecular weight excluding hydrogens is 272 g/mol. The molecule has 7 heteroatoms. The van der Waals surface area contributed by atoms with Crippen molar-refractivity contribution < 1.29 is 4.92 Å². The third kappa shape index (κ3) is 2.58. The highest BCUT2D eigenvalue weighted by atomic mass is 16.6. The summed E-state index contributed by atoms with van der Waals surface area (Å²) in [5.41, 5.74) is -0.723. The highest BCUT2D eigenvalue weighted by Gasteiger charge is 2.25. The number of rotatable bonds is 3. The van der Waals surface area contributed by atoms with Crippen LogP contribution in [0.3, 0.4) is 0 Å². The first-order chi connectivity index (χ1) is 10.2. The van der Waals surface area contributed by atoms with Gasteiger partial charge in [0, 0.05) is 12.2 Å². The maximum Gasteiger partial charge on any atom is 0.376 e. The van der Waals surface area contributed by atoms with Crippen LogP contribution in [0.15, 0.2) is 29.2 Å². The Morgan fingerprint density at radius 3 is 2.76 bits per heavy atom. The maximum atomic E-state index is 12.3. The monoisotopic (exact) mass is 288 g/mol. The zero-order chi connectivity index (χ0) is 14.8. The molecule has 0 amide bonds. The Labute approximate surface area is 120 Å². The highest BCUT2D eigenvalue weighted by Crippen LogP contribution is 2.24. The lowest BCUT2D eigenvalue weighted by Gasteiger charge is -2.23. The quantitative estimate of drug-likeness (QED) is 0.691.